The lowest BCUT2D eigenvalue weighted by molar-refractivity contribution is 0.121. The summed E-state index contributed by atoms with van der Waals surface area (Å²) in [5.41, 5.74) is 2.37. The molecule has 1 aliphatic rings. The summed E-state index contributed by atoms with van der Waals surface area (Å²) in [6.45, 7) is 5.85. The zero-order valence-corrected chi connectivity index (χ0v) is 17.0. The maximum atomic E-state index is 6.09. The van der Waals surface area contributed by atoms with Crippen molar-refractivity contribution in [2.75, 3.05) is 47.5 Å². The van der Waals surface area contributed by atoms with Gasteiger partial charge in [0, 0.05) is 55.9 Å². The van der Waals surface area contributed by atoms with Crippen molar-refractivity contribution in [3.05, 3.63) is 52.5 Å². The molecular weight excluding hydrogens is 364 g/mol. The summed E-state index contributed by atoms with van der Waals surface area (Å²) in [5.74, 6) is 2.24. The van der Waals surface area contributed by atoms with E-state index in [0.29, 0.717) is 5.75 Å². The molecule has 2 aromatic carbocycles. The first kappa shape index (κ1) is 19.8. The Morgan fingerprint density at radius 1 is 0.778 bits per heavy atom. The van der Waals surface area contributed by atoms with Gasteiger partial charge in [-0.25, -0.2) is 0 Å². The average Bonchev–Trinajstić information content (AvgIpc) is 2.69. The van der Waals surface area contributed by atoms with Crippen molar-refractivity contribution < 1.29 is 14.2 Å². The van der Waals surface area contributed by atoms with Crippen molar-refractivity contribution in [2.45, 2.75) is 13.1 Å². The van der Waals surface area contributed by atoms with Gasteiger partial charge in [-0.2, -0.15) is 0 Å². The van der Waals surface area contributed by atoms with Crippen LogP contribution in [0.25, 0.3) is 0 Å². The molecule has 5 nitrogen and oxygen atoms in total. The number of hydrogen-bond acceptors (Lipinski definition) is 5. The van der Waals surface area contributed by atoms with Gasteiger partial charge in [0.2, 0.25) is 0 Å². The summed E-state index contributed by atoms with van der Waals surface area (Å²) in [5, 5.41) is 0.798. The van der Waals surface area contributed by atoms with Crippen LogP contribution in [0.1, 0.15) is 11.1 Å². The second-order valence-electron chi connectivity index (χ2n) is 6.70. The van der Waals surface area contributed by atoms with Gasteiger partial charge in [0.25, 0.3) is 0 Å². The fourth-order valence-electron chi connectivity index (χ4n) is 3.46. The molecular formula is C21H27ClN2O3. The molecule has 1 aliphatic heterocycles. The largest absolute Gasteiger partial charge is 0.496 e. The quantitative estimate of drug-likeness (QED) is 0.720. The highest BCUT2D eigenvalue weighted by Gasteiger charge is 2.20. The molecule has 0 bridgehead atoms. The number of halogens is 1. The van der Waals surface area contributed by atoms with Gasteiger partial charge in [0.15, 0.2) is 11.5 Å². The Morgan fingerprint density at radius 2 is 1.37 bits per heavy atom. The van der Waals surface area contributed by atoms with Gasteiger partial charge in [-0.3, -0.25) is 9.80 Å². The Balaban J connectivity index is 1.60. The number of nitrogens with zero attached hydrogens (tertiary/aromatic N) is 2. The Kier molecular flexibility index (Phi) is 6.83. The molecule has 0 aliphatic carbocycles. The number of rotatable bonds is 7. The van der Waals surface area contributed by atoms with Crippen molar-refractivity contribution in [1.29, 1.82) is 0 Å². The van der Waals surface area contributed by atoms with E-state index in [-0.39, 0.29) is 0 Å². The topological polar surface area (TPSA) is 34.2 Å². The molecule has 0 atom stereocenters. The summed E-state index contributed by atoms with van der Waals surface area (Å²) in [6.07, 6.45) is 0. The molecule has 27 heavy (non-hydrogen) atoms. The monoisotopic (exact) mass is 390 g/mol. The van der Waals surface area contributed by atoms with E-state index < -0.39 is 0 Å². The van der Waals surface area contributed by atoms with Crippen LogP contribution in [0.3, 0.4) is 0 Å². The van der Waals surface area contributed by atoms with Crippen molar-refractivity contribution >= 4 is 11.6 Å². The van der Waals surface area contributed by atoms with Crippen LogP contribution in [0, 0.1) is 0 Å². The molecule has 0 saturated carbocycles. The smallest absolute Gasteiger partial charge is 0.164 e. The minimum Gasteiger partial charge on any atom is -0.496 e. The van der Waals surface area contributed by atoms with E-state index in [2.05, 4.69) is 15.9 Å². The van der Waals surface area contributed by atoms with Crippen molar-refractivity contribution in [2.24, 2.45) is 0 Å². The first-order valence-corrected chi connectivity index (χ1v) is 9.48. The number of methoxy groups -OCH3 is 3. The maximum Gasteiger partial charge on any atom is 0.164 e. The number of ether oxygens (including phenoxy) is 3. The molecule has 0 unspecified atom stereocenters. The van der Waals surface area contributed by atoms with Gasteiger partial charge in [0.05, 0.1) is 21.3 Å². The van der Waals surface area contributed by atoms with Crippen LogP contribution in [-0.4, -0.2) is 57.3 Å². The van der Waals surface area contributed by atoms with Crippen LogP contribution >= 0.6 is 11.6 Å². The lowest BCUT2D eigenvalue weighted by atomic mass is 10.1. The van der Waals surface area contributed by atoms with E-state index >= 15 is 0 Å². The van der Waals surface area contributed by atoms with Crippen LogP contribution in [-0.2, 0) is 13.1 Å². The lowest BCUT2D eigenvalue weighted by Crippen LogP contribution is -2.45. The molecule has 0 N–H and O–H groups in total. The van der Waals surface area contributed by atoms with E-state index in [1.807, 2.05) is 30.3 Å². The summed E-state index contributed by atoms with van der Waals surface area (Å²) < 4.78 is 16.4. The molecule has 0 aromatic heterocycles. The first-order chi connectivity index (χ1) is 13.1. The maximum absolute atomic E-state index is 6.09. The van der Waals surface area contributed by atoms with Gasteiger partial charge in [-0.1, -0.05) is 23.7 Å². The summed E-state index contributed by atoms with van der Waals surface area (Å²) in [7, 11) is 4.98. The summed E-state index contributed by atoms with van der Waals surface area (Å²) in [4.78, 5) is 4.91. The van der Waals surface area contributed by atoms with E-state index in [1.54, 1.807) is 21.3 Å². The van der Waals surface area contributed by atoms with Gasteiger partial charge in [0.1, 0.15) is 5.75 Å². The zero-order valence-electron chi connectivity index (χ0n) is 16.2. The number of benzene rings is 2. The Hall–Kier alpha value is -1.95. The third kappa shape index (κ3) is 5.06. The first-order valence-electron chi connectivity index (χ1n) is 9.11. The van der Waals surface area contributed by atoms with Gasteiger partial charge >= 0.3 is 0 Å². The Morgan fingerprint density at radius 3 is 1.96 bits per heavy atom. The minimum atomic E-state index is 0.685. The molecule has 0 radical (unpaired) electrons. The van der Waals surface area contributed by atoms with Gasteiger partial charge in [-0.15, -0.1) is 0 Å². The fourth-order valence-corrected chi connectivity index (χ4v) is 3.67. The second kappa shape index (κ2) is 9.31. The van der Waals surface area contributed by atoms with Crippen LogP contribution < -0.4 is 14.2 Å². The molecule has 2 aromatic rings. The van der Waals surface area contributed by atoms with Crippen molar-refractivity contribution in [3.63, 3.8) is 0 Å². The third-order valence-electron chi connectivity index (χ3n) is 4.94. The second-order valence-corrected chi connectivity index (χ2v) is 7.14. The predicted octanol–water partition coefficient (Wildman–Crippen LogP) is 3.68. The van der Waals surface area contributed by atoms with Gasteiger partial charge < -0.3 is 14.2 Å². The molecule has 1 heterocycles. The average molecular weight is 391 g/mol. The summed E-state index contributed by atoms with van der Waals surface area (Å²) >= 11 is 6.09. The molecule has 146 valence electrons. The molecule has 6 heteroatoms. The molecule has 0 amide bonds. The van der Waals surface area contributed by atoms with Crippen molar-refractivity contribution in [3.8, 4) is 17.2 Å². The highest BCUT2D eigenvalue weighted by atomic mass is 35.5. The SMILES string of the molecule is COc1cc(OC)c(OC)cc1CN1CCN(Cc2cccc(Cl)c2)CC1. The third-order valence-corrected chi connectivity index (χ3v) is 5.18. The van der Waals surface area contributed by atoms with Crippen LogP contribution in [0.2, 0.25) is 5.02 Å². The molecule has 0 spiro atoms. The Bertz CT molecular complexity index is 761. The number of hydrogen-bond donors (Lipinski definition) is 0. The van der Waals surface area contributed by atoms with E-state index in [0.717, 1.165) is 61.4 Å². The highest BCUT2D eigenvalue weighted by molar-refractivity contribution is 6.30. The highest BCUT2D eigenvalue weighted by Crippen LogP contribution is 2.35. The number of piperazine rings is 1. The van der Waals surface area contributed by atoms with Crippen LogP contribution in [0.5, 0.6) is 17.2 Å². The molecule has 1 saturated heterocycles. The fraction of sp³-hybridized carbons (Fsp3) is 0.429. The summed E-state index contributed by atoms with van der Waals surface area (Å²) in [6, 6.07) is 12.0. The van der Waals surface area contributed by atoms with E-state index in [9.17, 15) is 0 Å². The standard InChI is InChI=1S/C21H27ClN2O3/c1-25-19-13-21(27-3)20(26-2)12-17(19)15-24-9-7-23(8-10-24)14-16-5-4-6-18(22)11-16/h4-6,11-13H,7-10,14-15H2,1-3H3. The Labute approximate surface area is 166 Å². The van der Waals surface area contributed by atoms with Gasteiger partial charge in [-0.05, 0) is 23.8 Å². The van der Waals surface area contributed by atoms with Crippen LogP contribution in [0.15, 0.2) is 36.4 Å². The van der Waals surface area contributed by atoms with E-state index in [4.69, 9.17) is 25.8 Å². The molecule has 3 rings (SSSR count). The predicted molar refractivity (Wildman–Crippen MR) is 108 cm³/mol. The van der Waals surface area contributed by atoms with Crippen molar-refractivity contribution in [1.82, 2.24) is 9.80 Å². The van der Waals surface area contributed by atoms with Crippen LogP contribution in [0.4, 0.5) is 0 Å². The zero-order chi connectivity index (χ0) is 19.2. The minimum absolute atomic E-state index is 0.685. The lowest BCUT2D eigenvalue weighted by Gasteiger charge is -2.35. The normalized spacial score (nSPS) is 15.6. The van der Waals surface area contributed by atoms with E-state index in [1.165, 1.54) is 5.56 Å². The molecule has 1 fully saturated rings.